The van der Waals surface area contributed by atoms with E-state index in [-0.39, 0.29) is 0 Å². The molecule has 6 aromatic rings. The normalized spacial score (nSPS) is 12.7. The van der Waals surface area contributed by atoms with Crippen LogP contribution >= 0.6 is 0 Å². The summed E-state index contributed by atoms with van der Waals surface area (Å²) in [6, 6.07) is 37.6. The van der Waals surface area contributed by atoms with Crippen molar-refractivity contribution in [3.63, 3.8) is 0 Å². The largest absolute Gasteiger partial charge is 0.256 e. The summed E-state index contributed by atoms with van der Waals surface area (Å²) >= 11 is 0. The van der Waals surface area contributed by atoms with Gasteiger partial charge in [0.15, 0.2) is 0 Å². The standard InChI is InChI=1S/C36H27N/c1-24-9-8-22-37-36(24)27-19-17-26(18-20-27)34-30-12-4-6-14-32(30)35(33-15-7-5-13-31(33)34)29-21-16-25-10-2-3-11-28(25)23-29/h2-4,6-12,14-23H,5,13H2,1H3. The van der Waals surface area contributed by atoms with Gasteiger partial charge in [0, 0.05) is 11.8 Å². The van der Waals surface area contributed by atoms with Gasteiger partial charge >= 0.3 is 0 Å². The maximum absolute atomic E-state index is 4.63. The lowest BCUT2D eigenvalue weighted by Crippen LogP contribution is -2.02. The van der Waals surface area contributed by atoms with Gasteiger partial charge in [0.05, 0.1) is 5.69 Å². The molecule has 176 valence electrons. The SMILES string of the molecule is Cc1cccnc1-c1ccc(-c2c3c(c(-c4ccc5ccccc5c4)c4ccccc24)C=CCC3)cc1. The van der Waals surface area contributed by atoms with Crippen molar-refractivity contribution >= 4 is 27.6 Å². The van der Waals surface area contributed by atoms with Crippen molar-refractivity contribution in [2.45, 2.75) is 19.8 Å². The Hall–Kier alpha value is -4.49. The molecule has 37 heavy (non-hydrogen) atoms. The molecule has 5 aromatic carbocycles. The van der Waals surface area contributed by atoms with Crippen LogP contribution in [0.15, 0.2) is 115 Å². The summed E-state index contributed by atoms with van der Waals surface area (Å²) in [5.74, 6) is 0. The van der Waals surface area contributed by atoms with Gasteiger partial charge in [-0.1, -0.05) is 103 Å². The molecule has 0 radical (unpaired) electrons. The van der Waals surface area contributed by atoms with E-state index < -0.39 is 0 Å². The lowest BCUT2D eigenvalue weighted by molar-refractivity contribution is 0.991. The van der Waals surface area contributed by atoms with Gasteiger partial charge in [0.2, 0.25) is 0 Å². The lowest BCUT2D eigenvalue weighted by Gasteiger charge is -2.24. The van der Waals surface area contributed by atoms with Crippen LogP contribution in [-0.4, -0.2) is 4.98 Å². The van der Waals surface area contributed by atoms with Gasteiger partial charge in [-0.3, -0.25) is 4.98 Å². The van der Waals surface area contributed by atoms with E-state index in [1.54, 1.807) is 0 Å². The van der Waals surface area contributed by atoms with Crippen molar-refractivity contribution in [2.75, 3.05) is 0 Å². The highest BCUT2D eigenvalue weighted by molar-refractivity contribution is 6.10. The van der Waals surface area contributed by atoms with Crippen molar-refractivity contribution in [3.8, 4) is 33.5 Å². The Bertz CT molecular complexity index is 1820. The number of benzene rings is 5. The Kier molecular flexibility index (Phi) is 5.22. The molecule has 1 heteroatoms. The number of pyridine rings is 1. The molecule has 1 aliphatic rings. The molecule has 0 fully saturated rings. The van der Waals surface area contributed by atoms with E-state index >= 15 is 0 Å². The monoisotopic (exact) mass is 473 g/mol. The van der Waals surface area contributed by atoms with Crippen LogP contribution in [0, 0.1) is 6.92 Å². The van der Waals surface area contributed by atoms with E-state index in [0.29, 0.717) is 0 Å². The smallest absolute Gasteiger partial charge is 0.0731 e. The first kappa shape index (κ1) is 21.8. The number of aromatic nitrogens is 1. The van der Waals surface area contributed by atoms with Crippen molar-refractivity contribution in [2.24, 2.45) is 0 Å². The van der Waals surface area contributed by atoms with Gasteiger partial charge in [-0.25, -0.2) is 0 Å². The molecule has 1 aliphatic carbocycles. The number of hydrogen-bond donors (Lipinski definition) is 0. The Labute approximate surface area is 217 Å². The molecular weight excluding hydrogens is 446 g/mol. The Morgan fingerprint density at radius 3 is 2.14 bits per heavy atom. The molecular formula is C36H27N. The van der Waals surface area contributed by atoms with E-state index in [1.165, 1.54) is 60.5 Å². The van der Waals surface area contributed by atoms with Crippen LogP contribution in [0.4, 0.5) is 0 Å². The van der Waals surface area contributed by atoms with Gasteiger partial charge in [-0.05, 0) is 92.4 Å². The lowest BCUT2D eigenvalue weighted by atomic mass is 9.80. The number of nitrogens with zero attached hydrogens (tertiary/aromatic N) is 1. The zero-order valence-corrected chi connectivity index (χ0v) is 20.9. The zero-order valence-electron chi connectivity index (χ0n) is 20.9. The number of rotatable bonds is 3. The summed E-state index contributed by atoms with van der Waals surface area (Å²) in [6.07, 6.45) is 8.68. The van der Waals surface area contributed by atoms with Crippen molar-refractivity contribution in [3.05, 3.63) is 132 Å². The molecule has 1 heterocycles. The minimum absolute atomic E-state index is 1.05. The van der Waals surface area contributed by atoms with Crippen LogP contribution in [0.3, 0.4) is 0 Å². The average Bonchev–Trinajstić information content (AvgIpc) is 2.96. The number of hydrogen-bond acceptors (Lipinski definition) is 1. The number of fused-ring (bicyclic) bond motifs is 3. The van der Waals surface area contributed by atoms with Crippen LogP contribution in [0.5, 0.6) is 0 Å². The number of aryl methyl sites for hydroxylation is 1. The fraction of sp³-hybridized carbons (Fsp3) is 0.0833. The Morgan fingerprint density at radius 1 is 0.622 bits per heavy atom. The molecule has 0 saturated heterocycles. The van der Waals surface area contributed by atoms with E-state index in [9.17, 15) is 0 Å². The molecule has 7 rings (SSSR count). The summed E-state index contributed by atoms with van der Waals surface area (Å²) in [4.78, 5) is 4.63. The predicted octanol–water partition coefficient (Wildman–Crippen LogP) is 9.66. The van der Waals surface area contributed by atoms with Crippen molar-refractivity contribution in [1.82, 2.24) is 4.98 Å². The second-order valence-corrected chi connectivity index (χ2v) is 9.94. The third-order valence-corrected chi connectivity index (χ3v) is 7.70. The minimum Gasteiger partial charge on any atom is -0.256 e. The van der Waals surface area contributed by atoms with E-state index in [0.717, 1.165) is 24.1 Å². The van der Waals surface area contributed by atoms with Gasteiger partial charge < -0.3 is 0 Å². The highest BCUT2D eigenvalue weighted by atomic mass is 14.7. The summed E-state index contributed by atoms with van der Waals surface area (Å²) in [5.41, 5.74) is 11.5. The third-order valence-electron chi connectivity index (χ3n) is 7.70. The van der Waals surface area contributed by atoms with Gasteiger partial charge in [0.1, 0.15) is 0 Å². The molecule has 1 nitrogen and oxygen atoms in total. The fourth-order valence-electron chi connectivity index (χ4n) is 5.95. The second-order valence-electron chi connectivity index (χ2n) is 9.94. The Morgan fingerprint density at radius 2 is 1.32 bits per heavy atom. The molecule has 0 bridgehead atoms. The highest BCUT2D eigenvalue weighted by Crippen LogP contribution is 2.45. The van der Waals surface area contributed by atoms with Crippen LogP contribution < -0.4 is 0 Å². The third kappa shape index (κ3) is 3.67. The first-order valence-electron chi connectivity index (χ1n) is 13.0. The molecule has 0 unspecified atom stereocenters. The van der Waals surface area contributed by atoms with Crippen LogP contribution in [-0.2, 0) is 6.42 Å². The van der Waals surface area contributed by atoms with E-state index in [1.807, 2.05) is 12.3 Å². The first-order valence-corrected chi connectivity index (χ1v) is 13.0. The van der Waals surface area contributed by atoms with Crippen molar-refractivity contribution < 1.29 is 0 Å². The summed E-state index contributed by atoms with van der Waals surface area (Å²) in [7, 11) is 0. The molecule has 0 spiro atoms. The van der Waals surface area contributed by atoms with Gasteiger partial charge in [-0.15, -0.1) is 0 Å². The van der Waals surface area contributed by atoms with Crippen LogP contribution in [0.25, 0.3) is 61.1 Å². The quantitative estimate of drug-likeness (QED) is 0.249. The maximum atomic E-state index is 4.63. The minimum atomic E-state index is 1.05. The van der Waals surface area contributed by atoms with Crippen molar-refractivity contribution in [1.29, 1.82) is 0 Å². The second kappa shape index (κ2) is 8.87. The maximum Gasteiger partial charge on any atom is 0.0731 e. The summed E-state index contributed by atoms with van der Waals surface area (Å²) < 4.78 is 0. The summed E-state index contributed by atoms with van der Waals surface area (Å²) in [6.45, 7) is 2.12. The highest BCUT2D eigenvalue weighted by Gasteiger charge is 2.21. The van der Waals surface area contributed by atoms with Gasteiger partial charge in [0.25, 0.3) is 0 Å². The van der Waals surface area contributed by atoms with Gasteiger partial charge in [-0.2, -0.15) is 0 Å². The van der Waals surface area contributed by atoms with E-state index in [4.69, 9.17) is 0 Å². The summed E-state index contributed by atoms with van der Waals surface area (Å²) in [5, 5.41) is 5.19. The fourth-order valence-corrected chi connectivity index (χ4v) is 5.95. The van der Waals surface area contributed by atoms with E-state index in [2.05, 4.69) is 121 Å². The molecule has 0 amide bonds. The van der Waals surface area contributed by atoms with Crippen LogP contribution in [0.2, 0.25) is 0 Å². The molecule has 0 saturated carbocycles. The topological polar surface area (TPSA) is 12.9 Å². The molecule has 0 N–H and O–H groups in total. The average molecular weight is 474 g/mol. The molecule has 0 atom stereocenters. The zero-order chi connectivity index (χ0) is 24.8. The molecule has 1 aromatic heterocycles. The molecule has 0 aliphatic heterocycles. The predicted molar refractivity (Wildman–Crippen MR) is 158 cm³/mol. The Balaban J connectivity index is 1.47. The van der Waals surface area contributed by atoms with Crippen LogP contribution in [0.1, 0.15) is 23.1 Å². The first-order chi connectivity index (χ1) is 18.3. The number of allylic oxidation sites excluding steroid dienone is 1.